The number of aromatic nitrogens is 1. The molecule has 1 aliphatic carbocycles. The topological polar surface area (TPSA) is 107 Å². The first-order valence-corrected chi connectivity index (χ1v) is 12.6. The largest absolute Gasteiger partial charge is 0.463 e. The van der Waals surface area contributed by atoms with Gasteiger partial charge in [0, 0.05) is 17.9 Å². The summed E-state index contributed by atoms with van der Waals surface area (Å²) in [5.41, 5.74) is 9.65. The predicted molar refractivity (Wildman–Crippen MR) is 122 cm³/mol. The van der Waals surface area contributed by atoms with Gasteiger partial charge in [-0.1, -0.05) is 31.2 Å². The summed E-state index contributed by atoms with van der Waals surface area (Å²) < 4.78 is 23.4. The minimum absolute atomic E-state index is 0.125. The van der Waals surface area contributed by atoms with Gasteiger partial charge in [-0.05, 0) is 57.1 Å². The first kappa shape index (κ1) is 22.0. The number of nitrogen functional groups attached to an aromatic ring is 1. The third-order valence-corrected chi connectivity index (χ3v) is 7.54. The molecule has 166 valence electrons. The van der Waals surface area contributed by atoms with E-state index in [1.165, 1.54) is 5.56 Å². The Morgan fingerprint density at radius 3 is 2.52 bits per heavy atom. The predicted octanol–water partition coefficient (Wildman–Crippen LogP) is 5.20. The smallest absolute Gasteiger partial charge is 0.328 e. The average Bonchev–Trinajstić information content (AvgIpc) is 2.73. The normalized spacial score (nSPS) is 24.5. The van der Waals surface area contributed by atoms with Crippen LogP contribution in [0.2, 0.25) is 0 Å². The number of nitrogens with zero attached hydrogens (tertiary/aromatic N) is 2. The van der Waals surface area contributed by atoms with Crippen molar-refractivity contribution in [2.75, 3.05) is 11.9 Å². The van der Waals surface area contributed by atoms with E-state index in [9.17, 15) is 9.46 Å². The van der Waals surface area contributed by atoms with Gasteiger partial charge in [0.25, 0.3) is 0 Å². The third-order valence-electron chi connectivity index (χ3n) is 6.11. The van der Waals surface area contributed by atoms with E-state index in [0.717, 1.165) is 37.0 Å². The highest BCUT2D eigenvalue weighted by atomic mass is 31.2. The highest BCUT2D eigenvalue weighted by Crippen LogP contribution is 2.46. The van der Waals surface area contributed by atoms with Crippen molar-refractivity contribution in [3.63, 3.8) is 0 Å². The molecule has 2 aromatic rings. The summed E-state index contributed by atoms with van der Waals surface area (Å²) in [5, 5.41) is 0. The van der Waals surface area contributed by atoms with E-state index in [-0.39, 0.29) is 12.3 Å². The summed E-state index contributed by atoms with van der Waals surface area (Å²) >= 11 is 0. The molecule has 1 fully saturated rings. The number of pyridine rings is 1. The number of ether oxygens (including phenoxy) is 1. The van der Waals surface area contributed by atoms with Crippen LogP contribution in [0.15, 0.2) is 41.5 Å². The van der Waals surface area contributed by atoms with Crippen LogP contribution in [-0.4, -0.2) is 33.5 Å². The number of hydrogen-bond donors (Lipinski definition) is 2. The fourth-order valence-corrected chi connectivity index (χ4v) is 5.13. The summed E-state index contributed by atoms with van der Waals surface area (Å²) in [5.74, 6) is 0.881. The van der Waals surface area contributed by atoms with Crippen LogP contribution < -0.4 is 10.5 Å². The highest BCUT2D eigenvalue weighted by molar-refractivity contribution is 7.52. The van der Waals surface area contributed by atoms with Gasteiger partial charge in [-0.25, -0.2) is 9.98 Å². The monoisotopic (exact) mass is 443 g/mol. The number of fused-ring (bicyclic) bond motifs is 1. The summed E-state index contributed by atoms with van der Waals surface area (Å²) in [4.78, 5) is 18.8. The van der Waals surface area contributed by atoms with Crippen LogP contribution in [0.1, 0.15) is 63.5 Å². The summed E-state index contributed by atoms with van der Waals surface area (Å²) in [7, 11) is -3.43. The van der Waals surface area contributed by atoms with Crippen LogP contribution in [0.4, 0.5) is 11.4 Å². The lowest BCUT2D eigenvalue weighted by molar-refractivity contribution is 0.128. The van der Waals surface area contributed by atoms with E-state index in [1.807, 2.05) is 13.8 Å². The molecule has 0 saturated heterocycles. The van der Waals surface area contributed by atoms with Crippen LogP contribution in [0.3, 0.4) is 0 Å². The molecular weight excluding hydrogens is 413 g/mol. The van der Waals surface area contributed by atoms with Crippen LogP contribution >= 0.6 is 7.60 Å². The van der Waals surface area contributed by atoms with Crippen molar-refractivity contribution in [1.82, 2.24) is 4.98 Å². The van der Waals surface area contributed by atoms with E-state index in [4.69, 9.17) is 20.0 Å². The molecule has 0 bridgehead atoms. The van der Waals surface area contributed by atoms with E-state index < -0.39 is 13.2 Å². The lowest BCUT2D eigenvalue weighted by atomic mass is 9.82. The molecule has 3 N–H and O–H groups in total. The zero-order valence-electron chi connectivity index (χ0n) is 18.2. The Morgan fingerprint density at radius 2 is 1.87 bits per heavy atom. The van der Waals surface area contributed by atoms with Crippen molar-refractivity contribution in [2.24, 2.45) is 4.99 Å². The molecule has 0 amide bonds. The van der Waals surface area contributed by atoms with Crippen molar-refractivity contribution in [1.29, 1.82) is 0 Å². The van der Waals surface area contributed by atoms with Gasteiger partial charge in [-0.15, -0.1) is 0 Å². The van der Waals surface area contributed by atoms with E-state index >= 15 is 0 Å². The zero-order valence-corrected chi connectivity index (χ0v) is 19.1. The fraction of sp³-hybridized carbons (Fsp3) is 0.478. The molecule has 1 unspecified atom stereocenters. The minimum Gasteiger partial charge on any atom is -0.463 e. The van der Waals surface area contributed by atoms with Crippen molar-refractivity contribution in [3.8, 4) is 5.88 Å². The lowest BCUT2D eigenvalue weighted by Crippen LogP contribution is -2.41. The molecule has 1 aliphatic heterocycles. The first-order valence-electron chi connectivity index (χ1n) is 10.8. The quantitative estimate of drug-likeness (QED) is 0.615. The Balaban J connectivity index is 1.49. The first-order chi connectivity index (χ1) is 14.7. The van der Waals surface area contributed by atoms with Gasteiger partial charge in [0.05, 0.1) is 17.5 Å². The Morgan fingerprint density at radius 1 is 1.19 bits per heavy atom. The molecule has 31 heavy (non-hydrogen) atoms. The average molecular weight is 443 g/mol. The van der Waals surface area contributed by atoms with Crippen LogP contribution in [-0.2, 0) is 9.09 Å². The molecule has 2 heterocycles. The summed E-state index contributed by atoms with van der Waals surface area (Å²) in [6.45, 7) is 5.64. The molecule has 4 rings (SSSR count). The molecule has 1 aromatic heterocycles. The van der Waals surface area contributed by atoms with Crippen LogP contribution in [0, 0.1) is 0 Å². The van der Waals surface area contributed by atoms with Gasteiger partial charge in [0.15, 0.2) is 0 Å². The standard InChI is InChI=1S/C23H30N3O4P/c1-4-31(27,28)30-18-11-9-16(10-12-18)15-5-7-17(8-6-15)21-23(2,3)29-22-20(26-21)19(24)13-14-25-22/h5-8,13-14,16,18H,4,9-12H2,1-3H3,(H2,24,25)(H,27,28). The number of hydrogen-bond acceptors (Lipinski definition) is 6. The summed E-state index contributed by atoms with van der Waals surface area (Å²) in [6, 6.07) is 10.2. The Labute approximate surface area is 183 Å². The second-order valence-electron chi connectivity index (χ2n) is 8.78. The van der Waals surface area contributed by atoms with Crippen LogP contribution in [0.25, 0.3) is 0 Å². The molecule has 1 aromatic carbocycles. The lowest BCUT2D eigenvalue weighted by Gasteiger charge is -2.32. The van der Waals surface area contributed by atoms with Crippen molar-refractivity contribution >= 4 is 24.7 Å². The molecule has 0 radical (unpaired) electrons. The SMILES string of the molecule is CCP(=O)(O)OC1CCC(c2ccc(C3=Nc4c(N)ccnc4OC3(C)C)cc2)CC1. The Bertz CT molecular complexity index is 1030. The zero-order chi connectivity index (χ0) is 22.2. The minimum atomic E-state index is -3.43. The number of benzene rings is 1. The molecule has 7 nitrogen and oxygen atoms in total. The van der Waals surface area contributed by atoms with E-state index in [2.05, 4.69) is 29.2 Å². The molecule has 1 atom stereocenters. The van der Waals surface area contributed by atoms with Crippen molar-refractivity contribution in [3.05, 3.63) is 47.7 Å². The van der Waals surface area contributed by atoms with Crippen molar-refractivity contribution < 1.29 is 18.7 Å². The number of aliphatic imine (C=N–C) groups is 1. The molecule has 1 saturated carbocycles. The number of nitrogens with two attached hydrogens (primary N) is 1. The van der Waals surface area contributed by atoms with Gasteiger partial charge < -0.3 is 19.9 Å². The van der Waals surface area contributed by atoms with Gasteiger partial charge in [-0.3, -0.25) is 4.57 Å². The number of rotatable bonds is 5. The second kappa shape index (κ2) is 8.38. The maximum atomic E-state index is 11.8. The van der Waals surface area contributed by atoms with Gasteiger partial charge in [0.1, 0.15) is 11.3 Å². The van der Waals surface area contributed by atoms with Gasteiger partial charge in [0.2, 0.25) is 5.88 Å². The third kappa shape index (κ3) is 4.69. The Kier molecular flexibility index (Phi) is 5.95. The molecular formula is C23H30N3O4P. The van der Waals surface area contributed by atoms with E-state index in [0.29, 0.717) is 23.2 Å². The fourth-order valence-electron chi connectivity index (χ4n) is 4.31. The van der Waals surface area contributed by atoms with Crippen molar-refractivity contribution in [2.45, 2.75) is 64.1 Å². The van der Waals surface area contributed by atoms with E-state index in [1.54, 1.807) is 19.2 Å². The highest BCUT2D eigenvalue weighted by Gasteiger charge is 2.35. The Hall–Kier alpha value is -2.21. The van der Waals surface area contributed by atoms with Gasteiger partial charge >= 0.3 is 7.60 Å². The summed E-state index contributed by atoms with van der Waals surface area (Å²) in [6.07, 6.45) is 5.14. The molecule has 0 spiro atoms. The maximum Gasteiger partial charge on any atom is 0.328 e. The second-order valence-corrected chi connectivity index (χ2v) is 10.9. The maximum absolute atomic E-state index is 11.8. The van der Waals surface area contributed by atoms with Crippen LogP contribution in [0.5, 0.6) is 5.88 Å². The number of anilines is 1. The van der Waals surface area contributed by atoms with Gasteiger partial charge in [-0.2, -0.15) is 0 Å². The molecule has 8 heteroatoms. The molecule has 2 aliphatic rings.